The smallest absolute Gasteiger partial charge is 0.319 e. The first kappa shape index (κ1) is 51.7. The highest BCUT2D eigenvalue weighted by Gasteiger charge is 2.44. The van der Waals surface area contributed by atoms with Crippen molar-refractivity contribution in [3.8, 4) is 10.4 Å². The summed E-state index contributed by atoms with van der Waals surface area (Å²) in [6.07, 6.45) is 4.89. The number of carbonyl (C=O) groups excluding carboxylic acids is 4. The van der Waals surface area contributed by atoms with E-state index in [2.05, 4.69) is 46.4 Å². The zero-order valence-corrected chi connectivity index (χ0v) is 41.7. The monoisotopic (exact) mass is 998 g/mol. The van der Waals surface area contributed by atoms with E-state index in [0.717, 1.165) is 33.0 Å². The topological polar surface area (TPSA) is 246 Å². The van der Waals surface area contributed by atoms with Crippen molar-refractivity contribution in [2.24, 2.45) is 5.41 Å². The number of pyridine rings is 1. The van der Waals surface area contributed by atoms with Gasteiger partial charge in [-0.1, -0.05) is 56.3 Å². The van der Waals surface area contributed by atoms with E-state index in [1.54, 1.807) is 52.8 Å². The highest BCUT2D eigenvalue weighted by atomic mass is 32.2. The van der Waals surface area contributed by atoms with Gasteiger partial charge in [0.1, 0.15) is 18.7 Å². The molecule has 4 unspecified atom stereocenters. The van der Waals surface area contributed by atoms with E-state index in [-0.39, 0.29) is 43.0 Å². The fourth-order valence-corrected chi connectivity index (χ4v) is 10.5. The summed E-state index contributed by atoms with van der Waals surface area (Å²) >= 11 is 1.57. The Balaban J connectivity index is 0.806. The molecule has 2 saturated heterocycles. The maximum absolute atomic E-state index is 14.1. The third-order valence-electron chi connectivity index (χ3n) is 12.3. The molecule has 3 aromatic heterocycles. The van der Waals surface area contributed by atoms with E-state index in [9.17, 15) is 32.7 Å². The Bertz CT molecular complexity index is 2670. The fourth-order valence-electron chi connectivity index (χ4n) is 8.29. The van der Waals surface area contributed by atoms with Crippen molar-refractivity contribution < 1.29 is 37.4 Å². The van der Waals surface area contributed by atoms with Crippen LogP contribution in [0.1, 0.15) is 62.7 Å². The number of thiazole rings is 1. The Hall–Kier alpha value is -6.17. The van der Waals surface area contributed by atoms with Crippen LogP contribution < -0.4 is 21.3 Å². The first-order valence-electron chi connectivity index (χ1n) is 23.3. The van der Waals surface area contributed by atoms with E-state index in [4.69, 9.17) is 4.74 Å². The highest BCUT2D eigenvalue weighted by Crippen LogP contribution is 2.30. The van der Waals surface area contributed by atoms with Crippen LogP contribution in [0, 0.1) is 12.3 Å². The molecule has 0 spiro atoms. The third-order valence-corrected chi connectivity index (χ3v) is 15.2. The number of β-amino-alcohol motifs (C(OH)–C–C–N with tert-alkyl or cyclic N) is 1. The quantitative estimate of drug-likeness (QED) is 0.0747. The number of sulfonamides is 1. The van der Waals surface area contributed by atoms with Crippen LogP contribution in [-0.4, -0.2) is 147 Å². The molecule has 5 heterocycles. The van der Waals surface area contributed by atoms with Crippen molar-refractivity contribution >= 4 is 50.8 Å². The van der Waals surface area contributed by atoms with Crippen molar-refractivity contribution in [3.63, 3.8) is 0 Å². The van der Waals surface area contributed by atoms with E-state index in [1.165, 1.54) is 21.3 Å². The van der Waals surface area contributed by atoms with Crippen molar-refractivity contribution in [2.75, 3.05) is 57.8 Å². The number of rotatable bonds is 19. The van der Waals surface area contributed by atoms with Crippen molar-refractivity contribution in [3.05, 3.63) is 107 Å². The second-order valence-electron chi connectivity index (χ2n) is 18.6. The number of piperazine rings is 1. The largest absolute Gasteiger partial charge is 0.391 e. The number of likely N-dealkylation sites (tertiary alicyclic amines) is 1. The molecule has 70 heavy (non-hydrogen) atoms. The number of aliphatic hydroxyl groups excluding tert-OH is 1. The highest BCUT2D eigenvalue weighted by molar-refractivity contribution is 7.89. The lowest BCUT2D eigenvalue weighted by Crippen LogP contribution is -2.58. The molecule has 5 aromatic rings. The van der Waals surface area contributed by atoms with Gasteiger partial charge in [0.15, 0.2) is 0 Å². The third kappa shape index (κ3) is 13.6. The van der Waals surface area contributed by atoms with Gasteiger partial charge in [-0.05, 0) is 66.3 Å². The van der Waals surface area contributed by atoms with E-state index >= 15 is 0 Å². The molecule has 2 aliphatic rings. The predicted octanol–water partition coefficient (Wildman–Crippen LogP) is 3.36. The zero-order chi connectivity index (χ0) is 50.0. The Morgan fingerprint density at radius 2 is 1.71 bits per heavy atom. The summed E-state index contributed by atoms with van der Waals surface area (Å²) in [5, 5.41) is 30.4. The minimum absolute atomic E-state index is 0.0391. The molecule has 7 rings (SSSR count). The molecule has 2 aromatic carbocycles. The normalized spacial score (nSPS) is 17.7. The summed E-state index contributed by atoms with van der Waals surface area (Å²) in [6, 6.07) is 14.9. The lowest BCUT2D eigenvalue weighted by molar-refractivity contribution is -0.144. The van der Waals surface area contributed by atoms with Crippen LogP contribution in [0.25, 0.3) is 10.4 Å². The number of aliphatic hydroxyl groups is 1. The number of aryl methyl sites for hydroxylation is 1. The number of benzene rings is 2. The SMILES string of the molecule is Cc1ncsc1-c1ccc(C(C)NC(=O)C2CC(O)CN2C(=O)C(NC(=O)COCCn2cc(CCN3CCN(S(=O)(=O)c4ccc(NC(=O)NCc5cccnc5)cc4)CC3)nn2)C(C)(C)C)cc1. The molecule has 22 heteroatoms. The molecule has 374 valence electrons. The summed E-state index contributed by atoms with van der Waals surface area (Å²) in [6.45, 7) is 12.1. The maximum atomic E-state index is 14.1. The summed E-state index contributed by atoms with van der Waals surface area (Å²) in [5.74, 6) is -1.35. The summed E-state index contributed by atoms with van der Waals surface area (Å²) < 4.78 is 35.6. The Morgan fingerprint density at radius 1 is 0.971 bits per heavy atom. The number of urea groups is 1. The van der Waals surface area contributed by atoms with Crippen LogP contribution in [0.15, 0.2) is 89.7 Å². The van der Waals surface area contributed by atoms with E-state index in [0.29, 0.717) is 57.9 Å². The average molecular weight is 999 g/mol. The predicted molar refractivity (Wildman–Crippen MR) is 263 cm³/mol. The van der Waals surface area contributed by atoms with Gasteiger partial charge in [0, 0.05) is 82.9 Å². The maximum Gasteiger partial charge on any atom is 0.319 e. The van der Waals surface area contributed by atoms with Crippen LogP contribution in [0.2, 0.25) is 0 Å². The van der Waals surface area contributed by atoms with Crippen LogP contribution in [-0.2, 0) is 48.7 Å². The number of ether oxygens (including phenoxy) is 1. The second-order valence-corrected chi connectivity index (χ2v) is 21.4. The first-order chi connectivity index (χ1) is 33.4. The van der Waals surface area contributed by atoms with Crippen LogP contribution in [0.5, 0.6) is 0 Å². The van der Waals surface area contributed by atoms with Crippen molar-refractivity contribution in [2.45, 2.75) is 89.7 Å². The molecule has 2 aliphatic heterocycles. The standard InChI is InChI=1S/C48H62N12O8S2/c1-32(35-8-10-36(11-9-35)43-33(2)51-31-69-43)52-45(63)41-25-39(61)29-60(41)46(64)44(48(3,4)5)54-42(62)30-68-24-23-58-28-38(55-56-58)16-18-57-19-21-59(22-20-57)70(66,67)40-14-12-37(13-15-40)53-47(65)50-27-34-7-6-17-49-26-34/h6-15,17,26,28,31-32,39,41,44,61H,16,18-25,27,29-30H2,1-5H3,(H,52,63)(H,54,62)(H2,50,53,65). The van der Waals surface area contributed by atoms with E-state index in [1.807, 2.05) is 70.5 Å². The molecule has 0 saturated carbocycles. The summed E-state index contributed by atoms with van der Waals surface area (Å²) in [5.41, 5.74) is 6.02. The van der Waals surface area contributed by atoms with Gasteiger partial charge in [-0.2, -0.15) is 4.31 Å². The zero-order valence-electron chi connectivity index (χ0n) is 40.1. The van der Waals surface area contributed by atoms with Gasteiger partial charge < -0.3 is 40.9 Å². The van der Waals surface area contributed by atoms with Gasteiger partial charge >= 0.3 is 6.03 Å². The molecule has 0 bridgehead atoms. The number of aromatic nitrogens is 5. The number of nitrogens with zero attached hydrogens (tertiary/aromatic N) is 8. The van der Waals surface area contributed by atoms with E-state index < -0.39 is 51.5 Å². The molecule has 5 N–H and O–H groups in total. The summed E-state index contributed by atoms with van der Waals surface area (Å²) in [7, 11) is -3.73. The Labute approximate surface area is 412 Å². The summed E-state index contributed by atoms with van der Waals surface area (Å²) in [4.78, 5) is 66.4. The molecule has 20 nitrogen and oxygen atoms in total. The van der Waals surface area contributed by atoms with Crippen molar-refractivity contribution in [1.29, 1.82) is 0 Å². The average Bonchev–Trinajstić information content (AvgIpc) is 4.10. The Morgan fingerprint density at radius 3 is 2.39 bits per heavy atom. The number of anilines is 1. The minimum Gasteiger partial charge on any atom is -0.391 e. The van der Waals surface area contributed by atoms with Crippen LogP contribution >= 0.6 is 11.3 Å². The van der Waals surface area contributed by atoms with Gasteiger partial charge in [0.2, 0.25) is 27.7 Å². The number of nitrogens with one attached hydrogen (secondary N) is 4. The lowest BCUT2D eigenvalue weighted by Gasteiger charge is -2.35. The lowest BCUT2D eigenvalue weighted by atomic mass is 9.85. The second kappa shape index (κ2) is 23.2. The first-order valence-corrected chi connectivity index (χ1v) is 25.6. The molecule has 4 atom stereocenters. The fraction of sp³-hybridized carbons (Fsp3) is 0.458. The number of amides is 5. The number of hydrogen-bond donors (Lipinski definition) is 5. The van der Waals surface area contributed by atoms with Crippen LogP contribution in [0.4, 0.5) is 10.5 Å². The molecule has 0 radical (unpaired) electrons. The molecule has 0 aliphatic carbocycles. The molecule has 2 fully saturated rings. The molecular weight excluding hydrogens is 937 g/mol. The van der Waals surface area contributed by atoms with Gasteiger partial charge in [0.05, 0.1) is 52.0 Å². The number of carbonyl (C=O) groups is 4. The minimum atomic E-state index is -3.73. The number of hydrogen-bond acceptors (Lipinski definition) is 14. The Kier molecular flexibility index (Phi) is 17.1. The molecular formula is C48H62N12O8S2. The van der Waals surface area contributed by atoms with Gasteiger partial charge in [-0.3, -0.25) is 19.4 Å². The van der Waals surface area contributed by atoms with Gasteiger partial charge in [-0.25, -0.2) is 22.9 Å². The van der Waals surface area contributed by atoms with Crippen molar-refractivity contribution in [1.82, 2.24) is 55.0 Å². The van der Waals surface area contributed by atoms with Gasteiger partial charge in [-0.15, -0.1) is 16.4 Å². The van der Waals surface area contributed by atoms with Gasteiger partial charge in [0.25, 0.3) is 0 Å². The molecule has 5 amide bonds. The van der Waals surface area contributed by atoms with Crippen LogP contribution in [0.3, 0.4) is 0 Å².